The molecule has 0 unspecified atom stereocenters. The Morgan fingerprint density at radius 2 is 1.73 bits per heavy atom. The molecule has 3 fully saturated rings. The van der Waals surface area contributed by atoms with E-state index in [2.05, 4.69) is 20.5 Å². The summed E-state index contributed by atoms with van der Waals surface area (Å²) in [7, 11) is 2.95. The van der Waals surface area contributed by atoms with Gasteiger partial charge in [0.1, 0.15) is 11.6 Å². The second kappa shape index (κ2) is 9.62. The number of likely N-dealkylation sites (tertiary alicyclic amines) is 1. The summed E-state index contributed by atoms with van der Waals surface area (Å²) in [4.78, 5) is 60.5. The molecule has 218 valence electrons. The lowest BCUT2D eigenvalue weighted by Crippen LogP contribution is -2.73. The average Bonchev–Trinajstić information content (AvgIpc) is 3.11. The number of likely N-dealkylation sites (N-methyl/N-ethyl adjacent to an activating group) is 1. The van der Waals surface area contributed by atoms with E-state index < -0.39 is 51.6 Å². The van der Waals surface area contributed by atoms with Gasteiger partial charge in [0.15, 0.2) is 5.69 Å². The SMILES string of the molecule is CN(C)C(=O)C(=O)NC12CCC(N3CC4(COC4)C3)(CC1)Cn1c2nc(C(=O)NCc2ccc(F)cc2)c(O)c1=O. The minimum atomic E-state index is -1.19. The number of aromatic hydroxyl groups is 1. The van der Waals surface area contributed by atoms with Crippen LogP contribution in [0.15, 0.2) is 29.1 Å². The van der Waals surface area contributed by atoms with E-state index in [9.17, 15) is 28.7 Å². The smallest absolute Gasteiger partial charge is 0.311 e. The molecular weight excluding hydrogens is 535 g/mol. The Morgan fingerprint density at radius 1 is 1.07 bits per heavy atom. The van der Waals surface area contributed by atoms with Crippen LogP contribution >= 0.6 is 0 Å². The molecule has 2 saturated heterocycles. The van der Waals surface area contributed by atoms with Crippen molar-refractivity contribution in [2.24, 2.45) is 5.41 Å². The molecular formula is C28H33FN6O6. The van der Waals surface area contributed by atoms with Crippen LogP contribution in [0.1, 0.15) is 47.6 Å². The predicted molar refractivity (Wildman–Crippen MR) is 142 cm³/mol. The molecule has 7 rings (SSSR count). The topological polar surface area (TPSA) is 146 Å². The maximum Gasteiger partial charge on any atom is 0.311 e. The van der Waals surface area contributed by atoms with E-state index >= 15 is 0 Å². The van der Waals surface area contributed by atoms with Gasteiger partial charge in [-0.05, 0) is 43.4 Å². The van der Waals surface area contributed by atoms with Gasteiger partial charge in [-0.3, -0.25) is 28.6 Å². The Morgan fingerprint density at radius 3 is 2.32 bits per heavy atom. The van der Waals surface area contributed by atoms with Gasteiger partial charge in [-0.1, -0.05) is 12.1 Å². The second-order valence-corrected chi connectivity index (χ2v) is 12.1. The quantitative estimate of drug-likeness (QED) is 0.430. The first-order valence-electron chi connectivity index (χ1n) is 13.7. The lowest BCUT2D eigenvalue weighted by molar-refractivity contribution is -0.220. The molecule has 1 spiro atoms. The third kappa shape index (κ3) is 4.47. The number of fused-ring (bicyclic) bond motifs is 2. The van der Waals surface area contributed by atoms with Crippen LogP contribution in [0.5, 0.6) is 5.75 Å². The number of amides is 3. The maximum atomic E-state index is 13.7. The fourth-order valence-electron chi connectivity index (χ4n) is 6.64. The third-order valence-corrected chi connectivity index (χ3v) is 9.13. The first-order chi connectivity index (χ1) is 19.5. The molecule has 1 saturated carbocycles. The van der Waals surface area contributed by atoms with E-state index in [-0.39, 0.29) is 24.3 Å². The van der Waals surface area contributed by atoms with Crippen LogP contribution < -0.4 is 16.2 Å². The number of aromatic nitrogens is 2. The van der Waals surface area contributed by atoms with E-state index in [1.165, 1.54) is 47.8 Å². The normalized spacial score (nSPS) is 25.8. The van der Waals surface area contributed by atoms with Gasteiger partial charge in [0.2, 0.25) is 5.75 Å². The molecule has 4 aliphatic heterocycles. The molecule has 5 heterocycles. The van der Waals surface area contributed by atoms with Gasteiger partial charge in [0, 0.05) is 51.2 Å². The zero-order chi connectivity index (χ0) is 29.2. The number of hydrogen-bond donors (Lipinski definition) is 3. The van der Waals surface area contributed by atoms with Crippen LogP contribution in [-0.4, -0.2) is 88.1 Å². The number of nitrogens with zero attached hydrogens (tertiary/aromatic N) is 4. The fourth-order valence-corrected chi connectivity index (χ4v) is 6.64. The summed E-state index contributed by atoms with van der Waals surface area (Å²) in [6.45, 7) is 3.33. The molecule has 0 radical (unpaired) electrons. The van der Waals surface area contributed by atoms with Crippen molar-refractivity contribution in [3.63, 3.8) is 0 Å². The van der Waals surface area contributed by atoms with Gasteiger partial charge in [-0.25, -0.2) is 9.37 Å². The zero-order valence-corrected chi connectivity index (χ0v) is 23.0. The Bertz CT molecular complexity index is 1470. The number of ether oxygens (including phenoxy) is 1. The summed E-state index contributed by atoms with van der Waals surface area (Å²) in [6.07, 6.45) is 2.03. The van der Waals surface area contributed by atoms with E-state index in [0.717, 1.165) is 13.1 Å². The first kappa shape index (κ1) is 27.3. The number of rotatable bonds is 5. The highest BCUT2D eigenvalue weighted by atomic mass is 19.1. The van der Waals surface area contributed by atoms with Gasteiger partial charge in [0.05, 0.1) is 18.8 Å². The van der Waals surface area contributed by atoms with Crippen molar-refractivity contribution < 1.29 is 28.6 Å². The highest BCUT2D eigenvalue weighted by Crippen LogP contribution is 2.52. The number of halogens is 1. The summed E-state index contributed by atoms with van der Waals surface area (Å²) >= 11 is 0. The number of carbonyl (C=O) groups is 3. The largest absolute Gasteiger partial charge is 0.501 e. The standard InChI is InChI=1S/C28H33FN6O6/c1-33(2)24(40)22(38)32-28-9-7-27(8-10-28,34-12-26(13-34)15-41-16-26)14-35-23(39)20(36)19(31-25(28)35)21(37)30-11-17-3-5-18(29)6-4-17/h3-6,36H,7-16H2,1-2H3,(H,30,37)(H,32,38). The Balaban J connectivity index is 1.36. The minimum absolute atomic E-state index is 0.0153. The van der Waals surface area contributed by atoms with Gasteiger partial charge >= 0.3 is 11.8 Å². The molecule has 2 aromatic rings. The Kier molecular flexibility index (Phi) is 6.42. The molecule has 41 heavy (non-hydrogen) atoms. The first-order valence-corrected chi connectivity index (χ1v) is 13.7. The molecule has 5 aliphatic rings. The van der Waals surface area contributed by atoms with Crippen molar-refractivity contribution in [2.75, 3.05) is 40.4 Å². The number of hydrogen-bond acceptors (Lipinski definition) is 8. The van der Waals surface area contributed by atoms with E-state index in [4.69, 9.17) is 4.74 Å². The number of benzene rings is 1. The van der Waals surface area contributed by atoms with Crippen molar-refractivity contribution >= 4 is 17.7 Å². The third-order valence-electron chi connectivity index (χ3n) is 9.13. The molecule has 12 nitrogen and oxygen atoms in total. The van der Waals surface area contributed by atoms with Crippen molar-refractivity contribution in [1.29, 1.82) is 0 Å². The number of carbonyl (C=O) groups excluding carboxylic acids is 3. The van der Waals surface area contributed by atoms with Gasteiger partial charge in [-0.2, -0.15) is 0 Å². The molecule has 1 aromatic carbocycles. The summed E-state index contributed by atoms with van der Waals surface area (Å²) in [5.74, 6) is -3.44. The average molecular weight is 569 g/mol. The fraction of sp³-hybridized carbons (Fsp3) is 0.536. The van der Waals surface area contributed by atoms with Crippen LogP contribution in [0, 0.1) is 11.2 Å². The predicted octanol–water partition coefficient (Wildman–Crippen LogP) is 0.0763. The van der Waals surface area contributed by atoms with Gasteiger partial charge in [0.25, 0.3) is 11.5 Å². The molecule has 1 aliphatic carbocycles. The minimum Gasteiger partial charge on any atom is -0.501 e. The highest BCUT2D eigenvalue weighted by molar-refractivity contribution is 6.35. The monoisotopic (exact) mass is 568 g/mol. The van der Waals surface area contributed by atoms with E-state index in [0.29, 0.717) is 44.5 Å². The molecule has 2 bridgehead atoms. The second-order valence-electron chi connectivity index (χ2n) is 12.1. The summed E-state index contributed by atoms with van der Waals surface area (Å²) in [5, 5.41) is 16.4. The maximum absolute atomic E-state index is 13.7. The Hall–Kier alpha value is -3.84. The lowest BCUT2D eigenvalue weighted by atomic mass is 9.67. The van der Waals surface area contributed by atoms with Crippen molar-refractivity contribution in [3.8, 4) is 5.75 Å². The summed E-state index contributed by atoms with van der Waals surface area (Å²) < 4.78 is 20.1. The lowest BCUT2D eigenvalue weighted by Gasteiger charge is -2.62. The molecule has 1 aromatic heterocycles. The van der Waals surface area contributed by atoms with Crippen molar-refractivity contribution in [1.82, 2.24) is 30.0 Å². The van der Waals surface area contributed by atoms with E-state index in [1.54, 1.807) is 0 Å². The summed E-state index contributed by atoms with van der Waals surface area (Å²) in [6, 6.07) is 5.54. The Labute approximate surface area is 235 Å². The molecule has 3 amide bonds. The van der Waals surface area contributed by atoms with Crippen LogP contribution in [0.4, 0.5) is 4.39 Å². The van der Waals surface area contributed by atoms with Crippen LogP contribution in [-0.2, 0) is 33.0 Å². The molecule has 13 heteroatoms. The van der Waals surface area contributed by atoms with Crippen LogP contribution in [0.3, 0.4) is 0 Å². The molecule has 0 atom stereocenters. The summed E-state index contributed by atoms with van der Waals surface area (Å²) in [5.41, 5.74) is -2.09. The highest BCUT2D eigenvalue weighted by Gasteiger charge is 2.60. The van der Waals surface area contributed by atoms with Crippen LogP contribution in [0.25, 0.3) is 0 Å². The van der Waals surface area contributed by atoms with Crippen LogP contribution in [0.2, 0.25) is 0 Å². The van der Waals surface area contributed by atoms with Crippen molar-refractivity contribution in [2.45, 2.75) is 49.9 Å². The van der Waals surface area contributed by atoms with Gasteiger partial charge in [-0.15, -0.1) is 0 Å². The van der Waals surface area contributed by atoms with Crippen molar-refractivity contribution in [3.05, 3.63) is 57.5 Å². The molecule has 3 N–H and O–H groups in total. The zero-order valence-electron chi connectivity index (χ0n) is 23.0. The van der Waals surface area contributed by atoms with E-state index in [1.807, 2.05) is 0 Å². The van der Waals surface area contributed by atoms with Gasteiger partial charge < -0.3 is 25.4 Å². The number of nitrogens with one attached hydrogen (secondary N) is 2.